The van der Waals surface area contributed by atoms with Crippen LogP contribution >= 0.6 is 0 Å². The molecule has 0 fully saturated rings. The molecule has 1 aliphatic carbocycles. The van der Waals surface area contributed by atoms with Crippen LogP contribution in [0.5, 0.6) is 5.75 Å². The Bertz CT molecular complexity index is 1630. The Morgan fingerprint density at radius 3 is 2.52 bits per heavy atom. The van der Waals surface area contributed by atoms with Crippen LogP contribution in [0.25, 0.3) is 5.57 Å². The number of benzene rings is 2. The number of carbonyl (C=O) groups is 2. The van der Waals surface area contributed by atoms with Crippen molar-refractivity contribution in [2.45, 2.75) is 96.6 Å². The van der Waals surface area contributed by atoms with Crippen molar-refractivity contribution in [2.24, 2.45) is 0 Å². The number of amides is 1. The van der Waals surface area contributed by atoms with Gasteiger partial charge in [0.2, 0.25) is 0 Å². The van der Waals surface area contributed by atoms with Gasteiger partial charge in [-0.15, -0.1) is 0 Å². The molecule has 1 unspecified atom stereocenters. The maximum atomic E-state index is 15.0. The van der Waals surface area contributed by atoms with Gasteiger partial charge in [-0.1, -0.05) is 80.3 Å². The summed E-state index contributed by atoms with van der Waals surface area (Å²) in [7, 11) is 0. The lowest BCUT2D eigenvalue weighted by Crippen LogP contribution is -2.44. The molecule has 1 atom stereocenters. The molecular formula is C39H48FN4O4+. The van der Waals surface area contributed by atoms with Gasteiger partial charge in [0.25, 0.3) is 0 Å². The summed E-state index contributed by atoms with van der Waals surface area (Å²) in [5, 5.41) is 6.19. The predicted octanol–water partition coefficient (Wildman–Crippen LogP) is 7.75. The van der Waals surface area contributed by atoms with E-state index in [-0.39, 0.29) is 17.7 Å². The van der Waals surface area contributed by atoms with E-state index < -0.39 is 17.5 Å². The molecule has 2 aliphatic rings. The Morgan fingerprint density at radius 2 is 1.79 bits per heavy atom. The van der Waals surface area contributed by atoms with E-state index in [0.717, 1.165) is 79.5 Å². The van der Waals surface area contributed by atoms with Gasteiger partial charge >= 0.3 is 17.8 Å². The molecule has 254 valence electrons. The van der Waals surface area contributed by atoms with E-state index in [2.05, 4.69) is 41.0 Å². The molecule has 5 rings (SSSR count). The molecule has 3 aromatic rings. The van der Waals surface area contributed by atoms with Gasteiger partial charge in [0.1, 0.15) is 23.2 Å². The minimum absolute atomic E-state index is 0.0802. The number of hydrogen-bond donors (Lipinski definition) is 2. The maximum absolute atomic E-state index is 15.0. The molecule has 8 nitrogen and oxygen atoms in total. The highest BCUT2D eigenvalue weighted by Gasteiger charge is 2.41. The molecule has 1 aliphatic heterocycles. The Kier molecular flexibility index (Phi) is 12.0. The number of nitrogens with one attached hydrogen (secondary N) is 2. The molecule has 1 amide bonds. The minimum atomic E-state index is -0.535. The summed E-state index contributed by atoms with van der Waals surface area (Å²) in [6.45, 7) is 6.58. The van der Waals surface area contributed by atoms with Crippen molar-refractivity contribution >= 4 is 23.4 Å². The summed E-state index contributed by atoms with van der Waals surface area (Å²) in [4.78, 5) is 30.3. The first-order valence-corrected chi connectivity index (χ1v) is 17.2. The first kappa shape index (κ1) is 34.8. The van der Waals surface area contributed by atoms with Crippen LogP contribution in [0.15, 0.2) is 73.0 Å². The monoisotopic (exact) mass is 655 g/mol. The van der Waals surface area contributed by atoms with Crippen molar-refractivity contribution in [3.8, 4) is 5.75 Å². The van der Waals surface area contributed by atoms with Crippen LogP contribution in [0.1, 0.15) is 99.4 Å². The number of anilines is 1. The Balaban J connectivity index is 1.09. The van der Waals surface area contributed by atoms with Gasteiger partial charge in [-0.25, -0.2) is 19.0 Å². The van der Waals surface area contributed by atoms with Gasteiger partial charge in [0, 0.05) is 19.4 Å². The fourth-order valence-electron chi connectivity index (χ4n) is 5.91. The molecule has 2 aromatic carbocycles. The molecule has 48 heavy (non-hydrogen) atoms. The van der Waals surface area contributed by atoms with E-state index >= 15 is 4.39 Å². The molecule has 2 N–H and O–H groups in total. The summed E-state index contributed by atoms with van der Waals surface area (Å²) in [6.07, 6.45) is 16.6. The van der Waals surface area contributed by atoms with Crippen LogP contribution in [-0.4, -0.2) is 41.8 Å². The third kappa shape index (κ3) is 9.99. The summed E-state index contributed by atoms with van der Waals surface area (Å²) in [5.41, 5.74) is 3.94. The second kappa shape index (κ2) is 16.5. The van der Waals surface area contributed by atoms with E-state index in [1.165, 1.54) is 6.07 Å². The SMILES string of the molecule is CC(C)(C)OC(=O)NCCCCCCCCOc1ccc(CC2Nc3c(Cc4ccccc4)nc(C4=CCCC=C4)c[n+]3C2=O)cc1F. The first-order chi connectivity index (χ1) is 23.2. The standard InChI is InChI=1S/C39H47FN4O4/c1-39(2,3)48-38(46)41-22-14-6-4-5-7-15-23-47-35-21-20-29(24-31(35)40)26-33-37(45)44-27-34(30-18-12-9-13-19-30)42-32(36(44)43-33)25-28-16-10-8-11-17-28/h8,10-12,16-21,24,27,33H,4-7,9,13-15,22-23,25-26H2,1-3H3,(H,41,46)/p+1. The number of alkyl carbamates (subject to hydrolysis) is 1. The molecule has 0 bridgehead atoms. The van der Waals surface area contributed by atoms with Crippen molar-refractivity contribution in [1.29, 1.82) is 0 Å². The molecule has 9 heteroatoms. The Hall–Kier alpha value is -4.53. The third-order valence-electron chi connectivity index (χ3n) is 8.31. The van der Waals surface area contributed by atoms with Gasteiger partial charge in [0.05, 0.1) is 6.61 Å². The molecule has 2 heterocycles. The lowest BCUT2D eigenvalue weighted by atomic mass is 10.0. The molecule has 0 saturated carbocycles. The van der Waals surface area contributed by atoms with Gasteiger partial charge in [-0.05, 0) is 75.3 Å². The van der Waals surface area contributed by atoms with E-state index in [0.29, 0.717) is 31.8 Å². The van der Waals surface area contributed by atoms with Gasteiger partial charge in [-0.3, -0.25) is 5.32 Å². The van der Waals surface area contributed by atoms with E-state index in [9.17, 15) is 9.59 Å². The van der Waals surface area contributed by atoms with Crippen molar-refractivity contribution in [3.05, 3.63) is 101 Å². The summed E-state index contributed by atoms with van der Waals surface area (Å²) < 4.78 is 27.7. The van der Waals surface area contributed by atoms with E-state index in [4.69, 9.17) is 14.5 Å². The van der Waals surface area contributed by atoms with Crippen LogP contribution in [0.2, 0.25) is 0 Å². The zero-order valence-electron chi connectivity index (χ0n) is 28.4. The number of rotatable bonds is 15. The highest BCUT2D eigenvalue weighted by atomic mass is 19.1. The number of halogens is 1. The van der Waals surface area contributed by atoms with Crippen LogP contribution < -0.4 is 19.9 Å². The van der Waals surface area contributed by atoms with E-state index in [1.54, 1.807) is 10.6 Å². The zero-order valence-corrected chi connectivity index (χ0v) is 28.4. The van der Waals surface area contributed by atoms with Gasteiger partial charge < -0.3 is 14.8 Å². The minimum Gasteiger partial charge on any atom is -0.491 e. The molecule has 0 saturated heterocycles. The van der Waals surface area contributed by atoms with Crippen molar-refractivity contribution < 1.29 is 28.0 Å². The number of ether oxygens (including phenoxy) is 2. The fraction of sp³-hybridized carbons (Fsp3) is 0.436. The zero-order chi connectivity index (χ0) is 33.9. The van der Waals surface area contributed by atoms with Crippen LogP contribution in [0.3, 0.4) is 0 Å². The Labute approximate surface area is 283 Å². The molecular weight excluding hydrogens is 607 g/mol. The van der Waals surface area contributed by atoms with Crippen LogP contribution in [0.4, 0.5) is 15.0 Å². The number of unbranched alkanes of at least 4 members (excludes halogenated alkanes) is 5. The average Bonchev–Trinajstić information content (AvgIpc) is 3.37. The summed E-state index contributed by atoms with van der Waals surface area (Å²) >= 11 is 0. The summed E-state index contributed by atoms with van der Waals surface area (Å²) in [6, 6.07) is 14.5. The van der Waals surface area contributed by atoms with Gasteiger partial charge in [-0.2, -0.15) is 4.57 Å². The number of allylic oxidation sites excluding steroid dienone is 4. The average molecular weight is 656 g/mol. The second-order valence-electron chi connectivity index (χ2n) is 13.5. The first-order valence-electron chi connectivity index (χ1n) is 17.2. The van der Waals surface area contributed by atoms with Gasteiger partial charge in [0.15, 0.2) is 17.6 Å². The van der Waals surface area contributed by atoms with Crippen molar-refractivity contribution in [2.75, 3.05) is 18.5 Å². The third-order valence-corrected chi connectivity index (χ3v) is 8.31. The number of carbonyl (C=O) groups excluding carboxylic acids is 2. The maximum Gasteiger partial charge on any atom is 0.407 e. The van der Waals surface area contributed by atoms with Crippen molar-refractivity contribution in [3.63, 3.8) is 0 Å². The summed E-state index contributed by atoms with van der Waals surface area (Å²) in [5.74, 6) is 0.410. The van der Waals surface area contributed by atoms with Crippen LogP contribution in [0, 0.1) is 5.82 Å². The fourth-order valence-corrected chi connectivity index (χ4v) is 5.91. The predicted molar refractivity (Wildman–Crippen MR) is 186 cm³/mol. The smallest absolute Gasteiger partial charge is 0.407 e. The van der Waals surface area contributed by atoms with Crippen molar-refractivity contribution in [1.82, 2.24) is 10.3 Å². The number of fused-ring (bicyclic) bond motifs is 1. The lowest BCUT2D eigenvalue weighted by Gasteiger charge is -2.19. The molecule has 1 aromatic heterocycles. The normalized spacial score (nSPS) is 15.5. The Morgan fingerprint density at radius 1 is 1.02 bits per heavy atom. The highest BCUT2D eigenvalue weighted by Crippen LogP contribution is 2.26. The van der Waals surface area contributed by atoms with E-state index in [1.807, 2.05) is 51.2 Å². The highest BCUT2D eigenvalue weighted by molar-refractivity contribution is 5.83. The lowest BCUT2D eigenvalue weighted by molar-refractivity contribution is -0.553. The second-order valence-corrected chi connectivity index (χ2v) is 13.5. The molecule has 0 radical (unpaired) electrons. The quantitative estimate of drug-likeness (QED) is 0.129. The largest absolute Gasteiger partial charge is 0.491 e. The number of hydrogen-bond acceptors (Lipinski definition) is 6. The van der Waals surface area contributed by atoms with Crippen LogP contribution in [-0.2, 0) is 17.6 Å². The topological polar surface area (TPSA) is 93.4 Å². The number of aromatic nitrogens is 2. The molecule has 0 spiro atoms. The number of nitrogens with zero attached hydrogens (tertiary/aromatic N) is 2.